The Balaban J connectivity index is 2.09. The van der Waals surface area contributed by atoms with Gasteiger partial charge in [0.15, 0.2) is 0 Å². The highest BCUT2D eigenvalue weighted by molar-refractivity contribution is 5.88. The minimum absolute atomic E-state index is 0.0215. The lowest BCUT2D eigenvalue weighted by atomic mass is 9.87. The summed E-state index contributed by atoms with van der Waals surface area (Å²) in [5, 5.41) is 2.81. The minimum atomic E-state index is -0.828. The average molecular weight is 504 g/mol. The molecule has 202 valence electrons. The number of rotatable bonds is 14. The van der Waals surface area contributed by atoms with Crippen molar-refractivity contribution < 1.29 is 23.9 Å². The van der Waals surface area contributed by atoms with Crippen LogP contribution < -0.4 is 11.1 Å². The van der Waals surface area contributed by atoms with Crippen molar-refractivity contribution in [3.05, 3.63) is 35.9 Å². The summed E-state index contributed by atoms with van der Waals surface area (Å²) in [5.41, 5.74) is 6.50. The molecule has 0 bridgehead atoms. The van der Waals surface area contributed by atoms with Gasteiger partial charge in [-0.05, 0) is 30.2 Å². The standard InChI is InChI=1S/C28H45N3O5/c1-7-18(2)19(3)24(35-5)17-25(32)31-15-11-14-23(31)26(36-6)20(4)28(34)30-22(27(29)33)16-21-12-9-8-10-13-21/h8-10,12-13,18-20,22-24,26H,7,11,14-17H2,1-6H3,(H2,29,33)(H,30,34)/t18-,19-,20?,22-,23-,24?,26?/m0/s1. The van der Waals surface area contributed by atoms with Crippen molar-refractivity contribution in [2.45, 2.75) is 84.1 Å². The van der Waals surface area contributed by atoms with Gasteiger partial charge in [0, 0.05) is 27.2 Å². The maximum Gasteiger partial charge on any atom is 0.240 e. The van der Waals surface area contributed by atoms with E-state index in [1.165, 1.54) is 0 Å². The molecule has 1 saturated heterocycles. The number of nitrogens with one attached hydrogen (secondary N) is 1. The molecule has 1 aromatic rings. The van der Waals surface area contributed by atoms with Gasteiger partial charge in [-0.1, -0.05) is 64.4 Å². The molecule has 3 amide bonds. The number of nitrogens with zero attached hydrogens (tertiary/aromatic N) is 1. The molecule has 1 aliphatic heterocycles. The summed E-state index contributed by atoms with van der Waals surface area (Å²) in [6.07, 6.45) is 2.57. The highest BCUT2D eigenvalue weighted by atomic mass is 16.5. The van der Waals surface area contributed by atoms with Crippen molar-refractivity contribution in [1.82, 2.24) is 10.2 Å². The zero-order valence-corrected chi connectivity index (χ0v) is 22.7. The average Bonchev–Trinajstić information content (AvgIpc) is 3.36. The molecule has 3 unspecified atom stereocenters. The van der Waals surface area contributed by atoms with Gasteiger partial charge < -0.3 is 25.4 Å². The lowest BCUT2D eigenvalue weighted by molar-refractivity contribution is -0.143. The van der Waals surface area contributed by atoms with Gasteiger partial charge in [-0.25, -0.2) is 0 Å². The van der Waals surface area contributed by atoms with E-state index in [1.54, 1.807) is 21.1 Å². The molecule has 7 atom stereocenters. The van der Waals surface area contributed by atoms with E-state index in [1.807, 2.05) is 35.2 Å². The Morgan fingerprint density at radius 3 is 2.33 bits per heavy atom. The number of carbonyl (C=O) groups is 3. The minimum Gasteiger partial charge on any atom is -0.381 e. The maximum absolute atomic E-state index is 13.4. The number of likely N-dealkylation sites (tertiary alicyclic amines) is 1. The summed E-state index contributed by atoms with van der Waals surface area (Å²) in [4.78, 5) is 40.4. The highest BCUT2D eigenvalue weighted by Crippen LogP contribution is 2.29. The van der Waals surface area contributed by atoms with Gasteiger partial charge in [0.2, 0.25) is 17.7 Å². The quantitative estimate of drug-likeness (QED) is 0.406. The van der Waals surface area contributed by atoms with Crippen LogP contribution in [0.5, 0.6) is 0 Å². The van der Waals surface area contributed by atoms with Crippen LogP contribution in [-0.2, 0) is 30.3 Å². The third-order valence-electron chi connectivity index (χ3n) is 7.93. The zero-order chi connectivity index (χ0) is 26.8. The van der Waals surface area contributed by atoms with Crippen LogP contribution in [0.4, 0.5) is 0 Å². The molecular formula is C28H45N3O5. The largest absolute Gasteiger partial charge is 0.381 e. The molecule has 1 aromatic carbocycles. The molecule has 3 N–H and O–H groups in total. The number of benzene rings is 1. The Labute approximate surface area is 216 Å². The molecule has 0 spiro atoms. The van der Waals surface area contributed by atoms with Gasteiger partial charge in [-0.2, -0.15) is 0 Å². The molecule has 0 radical (unpaired) electrons. The fourth-order valence-corrected chi connectivity index (χ4v) is 5.17. The summed E-state index contributed by atoms with van der Waals surface area (Å²) in [6.45, 7) is 8.85. The van der Waals surface area contributed by atoms with Gasteiger partial charge in [-0.15, -0.1) is 0 Å². The number of ether oxygens (including phenoxy) is 2. The van der Waals surface area contributed by atoms with E-state index in [0.29, 0.717) is 25.3 Å². The van der Waals surface area contributed by atoms with Crippen LogP contribution >= 0.6 is 0 Å². The molecule has 0 aromatic heterocycles. The van der Waals surface area contributed by atoms with Gasteiger partial charge in [0.05, 0.1) is 30.6 Å². The van der Waals surface area contributed by atoms with E-state index in [-0.39, 0.29) is 29.9 Å². The van der Waals surface area contributed by atoms with E-state index >= 15 is 0 Å². The molecule has 1 fully saturated rings. The summed E-state index contributed by atoms with van der Waals surface area (Å²) in [6, 6.07) is 8.37. The van der Waals surface area contributed by atoms with E-state index in [0.717, 1.165) is 24.8 Å². The van der Waals surface area contributed by atoms with Crippen molar-refractivity contribution in [3.8, 4) is 0 Å². The number of hydrogen-bond acceptors (Lipinski definition) is 5. The van der Waals surface area contributed by atoms with E-state index in [9.17, 15) is 14.4 Å². The van der Waals surface area contributed by atoms with Crippen molar-refractivity contribution in [2.75, 3.05) is 20.8 Å². The number of nitrogens with two attached hydrogens (primary N) is 1. The highest BCUT2D eigenvalue weighted by Gasteiger charge is 2.41. The topological polar surface area (TPSA) is 111 Å². The second kappa shape index (κ2) is 14.3. The summed E-state index contributed by atoms with van der Waals surface area (Å²) < 4.78 is 11.5. The molecule has 8 nitrogen and oxygen atoms in total. The van der Waals surface area contributed by atoms with E-state index in [2.05, 4.69) is 26.1 Å². The first-order valence-corrected chi connectivity index (χ1v) is 13.1. The zero-order valence-electron chi connectivity index (χ0n) is 22.7. The third kappa shape index (κ3) is 7.77. The van der Waals surface area contributed by atoms with Crippen LogP contribution in [0.3, 0.4) is 0 Å². The monoisotopic (exact) mass is 503 g/mol. The van der Waals surface area contributed by atoms with Crippen molar-refractivity contribution in [2.24, 2.45) is 23.5 Å². The van der Waals surface area contributed by atoms with E-state index in [4.69, 9.17) is 15.2 Å². The smallest absolute Gasteiger partial charge is 0.240 e. The Kier molecular flexibility index (Phi) is 11.9. The van der Waals surface area contributed by atoms with Crippen LogP contribution in [0, 0.1) is 17.8 Å². The summed E-state index contributed by atoms with van der Waals surface area (Å²) >= 11 is 0. The Morgan fingerprint density at radius 1 is 1.11 bits per heavy atom. The third-order valence-corrected chi connectivity index (χ3v) is 7.93. The van der Waals surface area contributed by atoms with Gasteiger partial charge in [-0.3, -0.25) is 14.4 Å². The molecule has 1 heterocycles. The first-order valence-electron chi connectivity index (χ1n) is 13.1. The fraction of sp³-hybridized carbons (Fsp3) is 0.679. The van der Waals surface area contributed by atoms with Crippen molar-refractivity contribution >= 4 is 17.7 Å². The SMILES string of the molecule is CC[C@H](C)[C@H](C)C(CC(=O)N1CCC[C@H]1C(OC)C(C)C(=O)N[C@@H](Cc1ccccc1)C(N)=O)OC. The fourth-order valence-electron chi connectivity index (χ4n) is 5.17. The summed E-state index contributed by atoms with van der Waals surface area (Å²) in [5.74, 6) is -0.769. The van der Waals surface area contributed by atoms with Crippen LogP contribution in [0.15, 0.2) is 30.3 Å². The van der Waals surface area contributed by atoms with Crippen molar-refractivity contribution in [1.29, 1.82) is 0 Å². The van der Waals surface area contributed by atoms with Gasteiger partial charge >= 0.3 is 0 Å². The second-order valence-electron chi connectivity index (χ2n) is 10.2. The van der Waals surface area contributed by atoms with Crippen molar-refractivity contribution in [3.63, 3.8) is 0 Å². The predicted molar refractivity (Wildman–Crippen MR) is 140 cm³/mol. The van der Waals surface area contributed by atoms with Crippen LogP contribution in [0.25, 0.3) is 0 Å². The maximum atomic E-state index is 13.4. The van der Waals surface area contributed by atoms with Gasteiger partial charge in [0.25, 0.3) is 0 Å². The molecule has 8 heteroatoms. The number of primary amides is 1. The Morgan fingerprint density at radius 2 is 1.78 bits per heavy atom. The lowest BCUT2D eigenvalue weighted by Gasteiger charge is -2.35. The van der Waals surface area contributed by atoms with Gasteiger partial charge in [0.1, 0.15) is 6.04 Å². The second-order valence-corrected chi connectivity index (χ2v) is 10.2. The normalized spacial score (nSPS) is 20.7. The Bertz CT molecular complexity index is 849. The number of methoxy groups -OCH3 is 2. The predicted octanol–water partition coefficient (Wildman–Crippen LogP) is 2.93. The van der Waals surface area contributed by atoms with Crippen LogP contribution in [-0.4, -0.2) is 67.7 Å². The Hall–Kier alpha value is -2.45. The first-order chi connectivity index (χ1) is 17.1. The van der Waals surface area contributed by atoms with E-state index < -0.39 is 24.0 Å². The molecule has 2 rings (SSSR count). The molecule has 0 aliphatic carbocycles. The first kappa shape index (κ1) is 29.8. The molecular weight excluding hydrogens is 458 g/mol. The van der Waals surface area contributed by atoms with Crippen LogP contribution in [0.1, 0.15) is 58.9 Å². The molecule has 0 saturated carbocycles. The van der Waals surface area contributed by atoms with Crippen LogP contribution in [0.2, 0.25) is 0 Å². The molecule has 36 heavy (non-hydrogen) atoms. The lowest BCUT2D eigenvalue weighted by Crippen LogP contribution is -2.53. The number of carbonyl (C=O) groups excluding carboxylic acids is 3. The summed E-state index contributed by atoms with van der Waals surface area (Å²) in [7, 11) is 3.22. The number of amides is 3. The molecule has 1 aliphatic rings. The number of hydrogen-bond donors (Lipinski definition) is 2.